The van der Waals surface area contributed by atoms with Gasteiger partial charge in [-0.05, 0) is 42.7 Å². The number of nitrogens with one attached hydrogen (secondary N) is 1. The van der Waals surface area contributed by atoms with Crippen molar-refractivity contribution < 1.29 is 8.95 Å². The second-order valence-electron chi connectivity index (χ2n) is 7.28. The topological polar surface area (TPSA) is 67.0 Å². The molecule has 158 valence electrons. The van der Waals surface area contributed by atoms with Crippen molar-refractivity contribution in [2.75, 3.05) is 17.6 Å². The van der Waals surface area contributed by atoms with Gasteiger partial charge in [-0.1, -0.05) is 38.5 Å². The number of aromatic nitrogens is 1. The maximum atomic E-state index is 12.0. The quantitative estimate of drug-likeness (QED) is 0.667. The molecule has 6 heteroatoms. The fourth-order valence-corrected chi connectivity index (χ4v) is 4.54. The Kier molecular flexibility index (Phi) is 7.53. The molecule has 1 N–H and O–H groups in total. The highest BCUT2D eigenvalue weighted by atomic mass is 32.2. The van der Waals surface area contributed by atoms with Gasteiger partial charge in [-0.3, -0.25) is 0 Å². The molecule has 1 aromatic heterocycles. The molecule has 1 aliphatic carbocycles. The van der Waals surface area contributed by atoms with Crippen molar-refractivity contribution in [3.63, 3.8) is 0 Å². The first kappa shape index (κ1) is 21.9. The van der Waals surface area contributed by atoms with Gasteiger partial charge in [0.2, 0.25) is 0 Å². The zero-order valence-corrected chi connectivity index (χ0v) is 18.7. The van der Waals surface area contributed by atoms with E-state index in [9.17, 15) is 9.47 Å². The Balaban J connectivity index is 2.11. The molecule has 0 fully saturated rings. The summed E-state index contributed by atoms with van der Waals surface area (Å²) < 4.78 is 22.7. The van der Waals surface area contributed by atoms with Crippen LogP contribution in [0.5, 0.6) is 0 Å². The van der Waals surface area contributed by atoms with Crippen LogP contribution in [0.1, 0.15) is 45.1 Å². The number of ether oxygens (including phenoxy) is 1. The molecule has 1 aromatic carbocycles. The Bertz CT molecular complexity index is 1110. The van der Waals surface area contributed by atoms with Crippen LogP contribution >= 0.6 is 0 Å². The maximum Gasteiger partial charge on any atom is 0.117 e. The van der Waals surface area contributed by atoms with Crippen LogP contribution in [0.4, 0.5) is 5.69 Å². The number of nitrogens with zero attached hydrogens (tertiary/aromatic N) is 2. The predicted octanol–water partition coefficient (Wildman–Crippen LogP) is 3.81. The number of methoxy groups -OCH3 is 1. The van der Waals surface area contributed by atoms with E-state index in [-0.39, 0.29) is 0 Å². The van der Waals surface area contributed by atoms with Crippen LogP contribution in [-0.4, -0.2) is 21.6 Å². The summed E-state index contributed by atoms with van der Waals surface area (Å²) >= 11 is 0. The minimum absolute atomic E-state index is 0.621. The Labute approximate surface area is 181 Å². The van der Waals surface area contributed by atoms with E-state index in [1.165, 1.54) is 0 Å². The van der Waals surface area contributed by atoms with Crippen molar-refractivity contribution in [1.82, 2.24) is 4.57 Å². The second kappa shape index (κ2) is 10.3. The van der Waals surface area contributed by atoms with Gasteiger partial charge in [0.15, 0.2) is 0 Å². The van der Waals surface area contributed by atoms with Gasteiger partial charge < -0.3 is 14.0 Å². The Hall–Kier alpha value is -2.78. The van der Waals surface area contributed by atoms with E-state index in [0.717, 1.165) is 59.1 Å². The summed E-state index contributed by atoms with van der Waals surface area (Å²) in [4.78, 5) is 0. The maximum absolute atomic E-state index is 12.0. The van der Waals surface area contributed by atoms with Crippen LogP contribution in [0.2, 0.25) is 0 Å². The van der Waals surface area contributed by atoms with Crippen LogP contribution < -0.4 is 15.3 Å². The van der Waals surface area contributed by atoms with E-state index in [0.29, 0.717) is 17.7 Å². The highest BCUT2D eigenvalue weighted by Crippen LogP contribution is 2.24. The molecular weight excluding hydrogens is 394 g/mol. The first-order chi connectivity index (χ1) is 14.6. The van der Waals surface area contributed by atoms with E-state index >= 15 is 0 Å². The number of nitriles is 1. The number of benzene rings is 1. The molecule has 0 saturated heterocycles. The number of anilines is 1. The highest BCUT2D eigenvalue weighted by molar-refractivity contribution is 7.86. The standard InChI is InChI=1S/C24H29N3O2S/c1-4-6-15-27-23-14-12-20(29-3)11-13-21(23)22(17-25)24(27)18-7-9-19(10-8-18)26-30(28)16-5-2/h7-11,13-14,26H,4-6,12,15-16H2,1-3H3. The smallest absolute Gasteiger partial charge is 0.117 e. The normalized spacial score (nSPS) is 13.7. The van der Waals surface area contributed by atoms with E-state index in [1.54, 1.807) is 7.11 Å². The number of allylic oxidation sites excluding steroid dienone is 2. The van der Waals surface area contributed by atoms with Crippen LogP contribution in [0.3, 0.4) is 0 Å². The van der Waals surface area contributed by atoms with E-state index < -0.39 is 11.0 Å². The second-order valence-corrected chi connectivity index (χ2v) is 8.58. The molecule has 0 aliphatic heterocycles. The van der Waals surface area contributed by atoms with Crippen molar-refractivity contribution in [3.05, 3.63) is 52.2 Å². The first-order valence-corrected chi connectivity index (χ1v) is 11.8. The van der Waals surface area contributed by atoms with Crippen LogP contribution in [0.25, 0.3) is 23.4 Å². The van der Waals surface area contributed by atoms with Gasteiger partial charge in [0.25, 0.3) is 0 Å². The third-order valence-corrected chi connectivity index (χ3v) is 6.41. The molecule has 5 nitrogen and oxygen atoms in total. The van der Waals surface area contributed by atoms with Gasteiger partial charge >= 0.3 is 0 Å². The van der Waals surface area contributed by atoms with Gasteiger partial charge in [-0.15, -0.1) is 0 Å². The molecule has 30 heavy (non-hydrogen) atoms. The van der Waals surface area contributed by atoms with Crippen LogP contribution in [0, 0.1) is 11.3 Å². The molecular formula is C24H29N3O2S. The van der Waals surface area contributed by atoms with Gasteiger partial charge in [0, 0.05) is 35.0 Å². The highest BCUT2D eigenvalue weighted by Gasteiger charge is 2.17. The lowest BCUT2D eigenvalue weighted by molar-refractivity contribution is 0.287. The zero-order valence-electron chi connectivity index (χ0n) is 17.9. The third kappa shape index (κ3) is 4.68. The molecule has 0 bridgehead atoms. The lowest BCUT2D eigenvalue weighted by Gasteiger charge is -2.12. The van der Waals surface area contributed by atoms with Crippen molar-refractivity contribution in [2.24, 2.45) is 0 Å². The average Bonchev–Trinajstić information content (AvgIpc) is 2.89. The molecule has 0 spiro atoms. The van der Waals surface area contributed by atoms with E-state index in [4.69, 9.17) is 4.74 Å². The summed E-state index contributed by atoms with van der Waals surface area (Å²) in [6.07, 6.45) is 9.77. The molecule has 2 aromatic rings. The summed E-state index contributed by atoms with van der Waals surface area (Å²) in [5.74, 6) is 1.50. The van der Waals surface area contributed by atoms with Gasteiger partial charge in [-0.25, -0.2) is 4.21 Å². The molecule has 0 saturated carbocycles. The Morgan fingerprint density at radius 1 is 1.20 bits per heavy atom. The van der Waals surface area contributed by atoms with Crippen molar-refractivity contribution in [3.8, 4) is 17.3 Å². The number of hydrogen-bond acceptors (Lipinski definition) is 3. The molecule has 3 rings (SSSR count). The molecule has 0 radical (unpaired) electrons. The summed E-state index contributed by atoms with van der Waals surface area (Å²) in [6, 6.07) is 10.3. The summed E-state index contributed by atoms with van der Waals surface area (Å²) in [5, 5.41) is 12.0. The minimum Gasteiger partial charge on any atom is -0.501 e. The Morgan fingerprint density at radius 2 is 1.97 bits per heavy atom. The zero-order chi connectivity index (χ0) is 21.5. The van der Waals surface area contributed by atoms with E-state index in [1.807, 2.05) is 43.3 Å². The number of rotatable bonds is 9. The van der Waals surface area contributed by atoms with E-state index in [2.05, 4.69) is 28.4 Å². The molecule has 1 aliphatic rings. The minimum atomic E-state index is -1.07. The van der Waals surface area contributed by atoms with Crippen molar-refractivity contribution >= 4 is 28.8 Å². The third-order valence-electron chi connectivity index (χ3n) is 5.16. The predicted molar refractivity (Wildman–Crippen MR) is 124 cm³/mol. The number of fused-ring (bicyclic) bond motifs is 1. The number of hydrogen-bond donors (Lipinski definition) is 1. The van der Waals surface area contributed by atoms with Crippen LogP contribution in [-0.2, 0) is 22.3 Å². The van der Waals surface area contributed by atoms with Crippen molar-refractivity contribution in [2.45, 2.75) is 46.1 Å². The van der Waals surface area contributed by atoms with Crippen molar-refractivity contribution in [1.29, 1.82) is 5.26 Å². The Morgan fingerprint density at radius 3 is 2.60 bits per heavy atom. The number of unbranched alkanes of at least 4 members (excludes halogenated alkanes) is 1. The largest absolute Gasteiger partial charge is 0.501 e. The SMILES string of the molecule is CCCCn1c(-c2ccc(NS(=O)CCC)cc2)c(C#N)c2c1=CCC(OC)=CC=2. The van der Waals surface area contributed by atoms with Crippen LogP contribution in [0.15, 0.2) is 36.1 Å². The lowest BCUT2D eigenvalue weighted by atomic mass is 10.1. The fourth-order valence-electron chi connectivity index (χ4n) is 3.66. The monoisotopic (exact) mass is 423 g/mol. The molecule has 0 amide bonds. The van der Waals surface area contributed by atoms with Gasteiger partial charge in [0.1, 0.15) is 17.1 Å². The summed E-state index contributed by atoms with van der Waals surface area (Å²) in [5.41, 5.74) is 3.43. The fraction of sp³-hybridized carbons (Fsp3) is 0.375. The molecule has 1 atom stereocenters. The lowest BCUT2D eigenvalue weighted by Crippen LogP contribution is -2.29. The van der Waals surface area contributed by atoms with Gasteiger partial charge in [-0.2, -0.15) is 5.26 Å². The molecule has 1 unspecified atom stereocenters. The molecule has 1 heterocycles. The van der Waals surface area contributed by atoms with Gasteiger partial charge in [0.05, 0.1) is 24.1 Å². The average molecular weight is 424 g/mol. The summed E-state index contributed by atoms with van der Waals surface area (Å²) in [7, 11) is 0.602. The first-order valence-electron chi connectivity index (χ1n) is 10.5. The summed E-state index contributed by atoms with van der Waals surface area (Å²) in [6.45, 7) is 5.03.